The molecule has 0 atom stereocenters. The summed E-state index contributed by atoms with van der Waals surface area (Å²) in [5.41, 5.74) is 1.66. The van der Waals surface area contributed by atoms with Gasteiger partial charge in [-0.2, -0.15) is 0 Å². The highest BCUT2D eigenvalue weighted by atomic mass is 35.5. The minimum Gasteiger partial charge on any atom is -0.399 e. The fourth-order valence-electron chi connectivity index (χ4n) is 2.08. The molecule has 0 radical (unpaired) electrons. The number of rotatable bonds is 2. The molecule has 1 heterocycles. The Morgan fingerprint density at radius 2 is 1.67 bits per heavy atom. The summed E-state index contributed by atoms with van der Waals surface area (Å²) in [6.07, 6.45) is 0.917. The Bertz CT molecular complexity index is 441. The SMILES string of the molecule is CCc1cc(Cl)ccc1B1OC(C)(C)C(C)(C)O1. The molecule has 0 bridgehead atoms. The third-order valence-electron chi connectivity index (χ3n) is 3.99. The Balaban J connectivity index is 2.35. The number of benzene rings is 1. The van der Waals surface area contributed by atoms with Gasteiger partial charge in [0.05, 0.1) is 11.2 Å². The number of halogens is 1. The van der Waals surface area contributed by atoms with Crippen LogP contribution in [-0.4, -0.2) is 18.3 Å². The molecule has 1 aliphatic heterocycles. The molecule has 4 heteroatoms. The third kappa shape index (κ3) is 2.32. The zero-order valence-electron chi connectivity index (χ0n) is 11.7. The van der Waals surface area contributed by atoms with Crippen LogP contribution in [0.3, 0.4) is 0 Å². The second-order valence-electron chi connectivity index (χ2n) is 5.78. The molecule has 0 N–H and O–H groups in total. The van der Waals surface area contributed by atoms with E-state index in [1.54, 1.807) is 0 Å². The van der Waals surface area contributed by atoms with Gasteiger partial charge in [-0.05, 0) is 57.3 Å². The second-order valence-corrected chi connectivity index (χ2v) is 6.22. The Labute approximate surface area is 115 Å². The van der Waals surface area contributed by atoms with Gasteiger partial charge in [-0.25, -0.2) is 0 Å². The van der Waals surface area contributed by atoms with E-state index < -0.39 is 0 Å². The zero-order valence-corrected chi connectivity index (χ0v) is 12.5. The topological polar surface area (TPSA) is 18.5 Å². The van der Waals surface area contributed by atoms with E-state index in [0.717, 1.165) is 16.9 Å². The number of hydrogen-bond acceptors (Lipinski definition) is 2. The van der Waals surface area contributed by atoms with Crippen LogP contribution in [0.1, 0.15) is 40.2 Å². The van der Waals surface area contributed by atoms with Crippen molar-refractivity contribution in [3.8, 4) is 0 Å². The van der Waals surface area contributed by atoms with Crippen molar-refractivity contribution in [3.05, 3.63) is 28.8 Å². The van der Waals surface area contributed by atoms with Crippen LogP contribution in [0.25, 0.3) is 0 Å². The van der Waals surface area contributed by atoms with Crippen LogP contribution in [0.4, 0.5) is 0 Å². The van der Waals surface area contributed by atoms with Gasteiger partial charge in [-0.1, -0.05) is 24.6 Å². The molecule has 1 aromatic carbocycles. The lowest BCUT2D eigenvalue weighted by Gasteiger charge is -2.32. The fraction of sp³-hybridized carbons (Fsp3) is 0.571. The molecule has 0 spiro atoms. The summed E-state index contributed by atoms with van der Waals surface area (Å²) in [4.78, 5) is 0. The maximum Gasteiger partial charge on any atom is 0.495 e. The van der Waals surface area contributed by atoms with E-state index in [9.17, 15) is 0 Å². The van der Waals surface area contributed by atoms with Crippen LogP contribution in [0.15, 0.2) is 18.2 Å². The van der Waals surface area contributed by atoms with Gasteiger partial charge in [0.15, 0.2) is 0 Å². The predicted octanol–water partition coefficient (Wildman–Crippen LogP) is 3.20. The normalized spacial score (nSPS) is 21.3. The molecule has 0 unspecified atom stereocenters. The third-order valence-corrected chi connectivity index (χ3v) is 4.23. The molecule has 1 aromatic rings. The molecule has 0 saturated carbocycles. The average molecular weight is 267 g/mol. The van der Waals surface area contributed by atoms with Gasteiger partial charge in [0, 0.05) is 5.02 Å². The average Bonchev–Trinajstić information content (AvgIpc) is 2.47. The van der Waals surface area contributed by atoms with Gasteiger partial charge < -0.3 is 9.31 Å². The summed E-state index contributed by atoms with van der Waals surface area (Å²) in [6, 6.07) is 5.88. The van der Waals surface area contributed by atoms with Crippen LogP contribution in [-0.2, 0) is 15.7 Å². The van der Waals surface area contributed by atoms with Crippen LogP contribution < -0.4 is 5.46 Å². The van der Waals surface area contributed by atoms with E-state index in [2.05, 4.69) is 34.6 Å². The minimum absolute atomic E-state index is 0.303. The maximum atomic E-state index is 6.07. The van der Waals surface area contributed by atoms with Crippen molar-refractivity contribution in [3.63, 3.8) is 0 Å². The summed E-state index contributed by atoms with van der Waals surface area (Å²) in [5.74, 6) is 0. The largest absolute Gasteiger partial charge is 0.495 e. The van der Waals surface area contributed by atoms with E-state index in [1.165, 1.54) is 5.56 Å². The van der Waals surface area contributed by atoms with Crippen molar-refractivity contribution in [1.82, 2.24) is 0 Å². The zero-order chi connectivity index (χ0) is 13.6. The highest BCUT2D eigenvalue weighted by molar-refractivity contribution is 6.62. The molecular formula is C14H20BClO2. The first-order valence-corrected chi connectivity index (χ1v) is 6.78. The van der Waals surface area contributed by atoms with Crippen LogP contribution in [0.5, 0.6) is 0 Å². The van der Waals surface area contributed by atoms with Gasteiger partial charge in [0.25, 0.3) is 0 Å². The molecular weight excluding hydrogens is 246 g/mol. The summed E-state index contributed by atoms with van der Waals surface area (Å²) < 4.78 is 12.1. The maximum absolute atomic E-state index is 6.07. The molecule has 1 aliphatic rings. The first kappa shape index (κ1) is 13.9. The fourth-order valence-corrected chi connectivity index (χ4v) is 2.28. The van der Waals surface area contributed by atoms with E-state index in [-0.39, 0.29) is 18.3 Å². The molecule has 0 aliphatic carbocycles. The van der Waals surface area contributed by atoms with Crippen molar-refractivity contribution >= 4 is 24.2 Å². The molecule has 0 aromatic heterocycles. The first-order chi connectivity index (χ1) is 8.27. The molecule has 0 amide bonds. The van der Waals surface area contributed by atoms with Crippen LogP contribution in [0, 0.1) is 0 Å². The summed E-state index contributed by atoms with van der Waals surface area (Å²) in [5, 5.41) is 0.757. The molecule has 2 rings (SSSR count). The summed E-state index contributed by atoms with van der Waals surface area (Å²) >= 11 is 6.03. The van der Waals surface area contributed by atoms with Crippen molar-refractivity contribution in [2.24, 2.45) is 0 Å². The Kier molecular flexibility index (Phi) is 3.52. The van der Waals surface area contributed by atoms with Gasteiger partial charge in [0.2, 0.25) is 0 Å². The molecule has 1 fully saturated rings. The monoisotopic (exact) mass is 266 g/mol. The Hall–Kier alpha value is -0.505. The standard InChI is InChI=1S/C14H20BClO2/c1-6-10-9-11(16)7-8-12(10)15-17-13(2,3)14(4,5)18-15/h7-9H,6H2,1-5H3. The Morgan fingerprint density at radius 1 is 1.11 bits per heavy atom. The molecule has 98 valence electrons. The lowest BCUT2D eigenvalue weighted by atomic mass is 9.75. The van der Waals surface area contributed by atoms with E-state index in [1.807, 2.05) is 18.2 Å². The highest BCUT2D eigenvalue weighted by Crippen LogP contribution is 2.36. The first-order valence-electron chi connectivity index (χ1n) is 6.41. The van der Waals surface area contributed by atoms with E-state index in [4.69, 9.17) is 20.9 Å². The molecule has 18 heavy (non-hydrogen) atoms. The van der Waals surface area contributed by atoms with Crippen LogP contribution >= 0.6 is 11.6 Å². The van der Waals surface area contributed by atoms with Crippen molar-refractivity contribution in [2.45, 2.75) is 52.2 Å². The highest BCUT2D eigenvalue weighted by Gasteiger charge is 2.52. The van der Waals surface area contributed by atoms with E-state index >= 15 is 0 Å². The Morgan fingerprint density at radius 3 is 2.17 bits per heavy atom. The van der Waals surface area contributed by atoms with Gasteiger partial charge in [-0.3, -0.25) is 0 Å². The van der Waals surface area contributed by atoms with Crippen LogP contribution in [0.2, 0.25) is 5.02 Å². The van der Waals surface area contributed by atoms with Gasteiger partial charge in [0.1, 0.15) is 0 Å². The molecule has 1 saturated heterocycles. The van der Waals surface area contributed by atoms with Crippen molar-refractivity contribution in [2.75, 3.05) is 0 Å². The summed E-state index contributed by atoms with van der Waals surface area (Å²) in [7, 11) is -0.304. The van der Waals surface area contributed by atoms with Gasteiger partial charge in [-0.15, -0.1) is 0 Å². The van der Waals surface area contributed by atoms with Crippen molar-refractivity contribution < 1.29 is 9.31 Å². The quantitative estimate of drug-likeness (QED) is 0.765. The lowest BCUT2D eigenvalue weighted by Crippen LogP contribution is -2.41. The summed E-state index contributed by atoms with van der Waals surface area (Å²) in [6.45, 7) is 10.4. The number of aryl methyl sites for hydroxylation is 1. The van der Waals surface area contributed by atoms with Crippen molar-refractivity contribution in [1.29, 1.82) is 0 Å². The number of hydrogen-bond donors (Lipinski definition) is 0. The predicted molar refractivity (Wildman–Crippen MR) is 76.5 cm³/mol. The molecule has 2 nitrogen and oxygen atoms in total. The lowest BCUT2D eigenvalue weighted by molar-refractivity contribution is 0.00578. The smallest absolute Gasteiger partial charge is 0.399 e. The van der Waals surface area contributed by atoms with Gasteiger partial charge >= 0.3 is 7.12 Å². The minimum atomic E-state index is -0.304. The van der Waals surface area contributed by atoms with E-state index in [0.29, 0.717) is 0 Å². The second kappa shape index (κ2) is 4.55.